The highest BCUT2D eigenvalue weighted by molar-refractivity contribution is 6.05. The van der Waals surface area contributed by atoms with Gasteiger partial charge >= 0.3 is 0 Å². The summed E-state index contributed by atoms with van der Waals surface area (Å²) in [5, 5.41) is 2.23. The first-order valence-electron chi connectivity index (χ1n) is 8.41. The fourth-order valence-corrected chi connectivity index (χ4v) is 2.69. The van der Waals surface area contributed by atoms with Crippen molar-refractivity contribution >= 4 is 17.7 Å². The molecule has 2 aliphatic heterocycles. The van der Waals surface area contributed by atoms with E-state index in [0.29, 0.717) is 23.1 Å². The molecule has 5 nitrogen and oxygen atoms in total. The fourth-order valence-electron chi connectivity index (χ4n) is 2.69. The second-order valence-corrected chi connectivity index (χ2v) is 5.16. The number of hydrogen-bond acceptors (Lipinski definition) is 3. The predicted octanol–water partition coefficient (Wildman–Crippen LogP) is 2.95. The summed E-state index contributed by atoms with van der Waals surface area (Å²) >= 11 is 0. The van der Waals surface area contributed by atoms with Crippen LogP contribution >= 0.6 is 0 Å². The van der Waals surface area contributed by atoms with Gasteiger partial charge in [-0.3, -0.25) is 19.7 Å². The van der Waals surface area contributed by atoms with E-state index >= 15 is 0 Å². The maximum absolute atomic E-state index is 13.5. The number of imide groups is 1. The van der Waals surface area contributed by atoms with E-state index in [4.69, 9.17) is 0 Å². The number of amides is 3. The number of piperidine rings is 1. The molecular formula is C18H25FN2O3. The first kappa shape index (κ1) is 19.8. The standard InChI is InChI=1S/C14H13FN2O3.2C2H6/c1-7-4-9-8(5-10(7)15)6-17(14(9)20)11-2-3-12(18)16-13(11)19;2*1-2/h4-5,11H,2-3,6H2,1H3,(H,16,18,19);2*1-2H3. The molecule has 3 amide bonds. The minimum atomic E-state index is -0.657. The lowest BCUT2D eigenvalue weighted by Gasteiger charge is -2.29. The molecule has 0 aromatic heterocycles. The quantitative estimate of drug-likeness (QED) is 0.802. The van der Waals surface area contributed by atoms with Gasteiger partial charge in [0.1, 0.15) is 11.9 Å². The Kier molecular flexibility index (Phi) is 7.07. The van der Waals surface area contributed by atoms with Crippen molar-refractivity contribution in [3.05, 3.63) is 34.6 Å². The fraction of sp³-hybridized carbons (Fsp3) is 0.500. The first-order chi connectivity index (χ1) is 11.5. The van der Waals surface area contributed by atoms with E-state index in [9.17, 15) is 18.8 Å². The van der Waals surface area contributed by atoms with E-state index in [1.807, 2.05) is 27.7 Å². The van der Waals surface area contributed by atoms with Crippen molar-refractivity contribution in [2.24, 2.45) is 0 Å². The summed E-state index contributed by atoms with van der Waals surface area (Å²) in [4.78, 5) is 36.7. The number of benzene rings is 1. The van der Waals surface area contributed by atoms with Crippen molar-refractivity contribution in [2.45, 2.75) is 60.0 Å². The Morgan fingerprint density at radius 1 is 1.12 bits per heavy atom. The summed E-state index contributed by atoms with van der Waals surface area (Å²) in [6.07, 6.45) is 0.524. The molecule has 1 N–H and O–H groups in total. The number of carbonyl (C=O) groups is 3. The van der Waals surface area contributed by atoms with Crippen LogP contribution in [0.15, 0.2) is 12.1 Å². The molecule has 0 saturated carbocycles. The lowest BCUT2D eigenvalue weighted by atomic mass is 10.0. The highest BCUT2D eigenvalue weighted by Crippen LogP contribution is 2.29. The van der Waals surface area contributed by atoms with Crippen molar-refractivity contribution in [2.75, 3.05) is 0 Å². The van der Waals surface area contributed by atoms with Crippen LogP contribution in [0.2, 0.25) is 0 Å². The third-order valence-electron chi connectivity index (χ3n) is 3.80. The van der Waals surface area contributed by atoms with E-state index in [0.717, 1.165) is 0 Å². The molecule has 1 aromatic rings. The summed E-state index contributed by atoms with van der Waals surface area (Å²) in [5.74, 6) is -1.42. The number of fused-ring (bicyclic) bond motifs is 1. The Bertz CT molecular complexity index is 643. The topological polar surface area (TPSA) is 66.5 Å². The molecule has 0 radical (unpaired) electrons. The number of hydrogen-bond donors (Lipinski definition) is 1. The van der Waals surface area contributed by atoms with Crippen LogP contribution in [-0.2, 0) is 16.1 Å². The molecule has 1 atom stereocenters. The van der Waals surface area contributed by atoms with Crippen molar-refractivity contribution in [3.8, 4) is 0 Å². The Morgan fingerprint density at radius 3 is 2.33 bits per heavy atom. The van der Waals surface area contributed by atoms with E-state index in [1.54, 1.807) is 6.92 Å². The number of rotatable bonds is 1. The molecule has 24 heavy (non-hydrogen) atoms. The van der Waals surface area contributed by atoms with Gasteiger partial charge in [-0.25, -0.2) is 4.39 Å². The lowest BCUT2D eigenvalue weighted by Crippen LogP contribution is -2.52. The van der Waals surface area contributed by atoms with Crippen molar-refractivity contribution in [3.63, 3.8) is 0 Å². The molecule has 6 heteroatoms. The van der Waals surface area contributed by atoms with Crippen LogP contribution in [0.25, 0.3) is 0 Å². The van der Waals surface area contributed by atoms with Crippen molar-refractivity contribution in [1.29, 1.82) is 0 Å². The van der Waals surface area contributed by atoms with Gasteiger partial charge in [0.2, 0.25) is 11.8 Å². The third kappa shape index (κ3) is 3.80. The van der Waals surface area contributed by atoms with Crippen LogP contribution in [0.1, 0.15) is 62.0 Å². The molecule has 0 bridgehead atoms. The average Bonchev–Trinajstić information content (AvgIpc) is 2.88. The van der Waals surface area contributed by atoms with E-state index in [2.05, 4.69) is 5.32 Å². The van der Waals surface area contributed by atoms with Crippen molar-refractivity contribution in [1.82, 2.24) is 10.2 Å². The highest BCUT2D eigenvalue weighted by Gasteiger charge is 2.39. The van der Waals surface area contributed by atoms with Crippen LogP contribution in [0, 0.1) is 12.7 Å². The maximum Gasteiger partial charge on any atom is 0.255 e. The molecular weight excluding hydrogens is 311 g/mol. The van der Waals surface area contributed by atoms with Crippen LogP contribution < -0.4 is 5.32 Å². The Morgan fingerprint density at radius 2 is 1.75 bits per heavy atom. The zero-order valence-electron chi connectivity index (χ0n) is 14.9. The van der Waals surface area contributed by atoms with Gasteiger partial charge in [0.15, 0.2) is 0 Å². The van der Waals surface area contributed by atoms with Crippen LogP contribution in [0.3, 0.4) is 0 Å². The predicted molar refractivity (Wildman–Crippen MR) is 89.9 cm³/mol. The van der Waals surface area contributed by atoms with Gasteiger partial charge in [0.05, 0.1) is 0 Å². The molecule has 0 spiro atoms. The van der Waals surface area contributed by atoms with Gasteiger partial charge in [-0.1, -0.05) is 27.7 Å². The number of nitrogens with one attached hydrogen (secondary N) is 1. The zero-order chi connectivity index (χ0) is 18.4. The van der Waals surface area contributed by atoms with Crippen molar-refractivity contribution < 1.29 is 18.8 Å². The van der Waals surface area contributed by atoms with Gasteiger partial charge in [0.25, 0.3) is 5.91 Å². The van der Waals surface area contributed by atoms with Crippen LogP contribution in [0.5, 0.6) is 0 Å². The van der Waals surface area contributed by atoms with Gasteiger partial charge in [-0.15, -0.1) is 0 Å². The number of halogens is 1. The second-order valence-electron chi connectivity index (χ2n) is 5.16. The minimum Gasteiger partial charge on any atom is -0.322 e. The zero-order valence-corrected chi connectivity index (χ0v) is 14.9. The Balaban J connectivity index is 0.000000671. The summed E-state index contributed by atoms with van der Waals surface area (Å²) in [6, 6.07) is 2.20. The molecule has 0 aliphatic carbocycles. The largest absolute Gasteiger partial charge is 0.322 e. The summed E-state index contributed by atoms with van der Waals surface area (Å²) in [7, 11) is 0. The average molecular weight is 336 g/mol. The monoisotopic (exact) mass is 336 g/mol. The molecule has 132 valence electrons. The van der Waals surface area contributed by atoms with Gasteiger partial charge < -0.3 is 4.90 Å². The molecule has 1 fully saturated rings. The third-order valence-corrected chi connectivity index (χ3v) is 3.80. The van der Waals surface area contributed by atoms with Gasteiger partial charge in [-0.05, 0) is 36.6 Å². The molecule has 1 aromatic carbocycles. The van der Waals surface area contributed by atoms with Gasteiger partial charge in [0, 0.05) is 18.5 Å². The minimum absolute atomic E-state index is 0.206. The summed E-state index contributed by atoms with van der Waals surface area (Å²) in [5.41, 5.74) is 1.43. The molecule has 1 saturated heterocycles. The lowest BCUT2D eigenvalue weighted by molar-refractivity contribution is -0.136. The number of aryl methyl sites for hydroxylation is 1. The molecule has 3 rings (SSSR count). The SMILES string of the molecule is CC.CC.Cc1cc2c(cc1F)CN(C1CCC(=O)NC1=O)C2=O. The molecule has 2 aliphatic rings. The van der Waals surface area contributed by atoms with Crippen LogP contribution in [0.4, 0.5) is 4.39 Å². The first-order valence-corrected chi connectivity index (χ1v) is 8.41. The number of carbonyl (C=O) groups excluding carboxylic acids is 3. The van der Waals surface area contributed by atoms with E-state index in [-0.39, 0.29) is 30.6 Å². The summed E-state index contributed by atoms with van der Waals surface area (Å²) < 4.78 is 13.5. The molecule has 2 heterocycles. The normalized spacial score (nSPS) is 18.8. The molecule has 1 unspecified atom stereocenters. The van der Waals surface area contributed by atoms with E-state index < -0.39 is 11.9 Å². The van der Waals surface area contributed by atoms with Crippen LogP contribution in [-0.4, -0.2) is 28.7 Å². The Labute approximate surface area is 142 Å². The maximum atomic E-state index is 13.5. The smallest absolute Gasteiger partial charge is 0.255 e. The number of nitrogens with zero attached hydrogens (tertiary/aromatic N) is 1. The Hall–Kier alpha value is -2.24. The van der Waals surface area contributed by atoms with Gasteiger partial charge in [-0.2, -0.15) is 0 Å². The van der Waals surface area contributed by atoms with E-state index in [1.165, 1.54) is 17.0 Å². The second kappa shape index (κ2) is 8.57. The summed E-state index contributed by atoms with van der Waals surface area (Å²) in [6.45, 7) is 9.80. The highest BCUT2D eigenvalue weighted by atomic mass is 19.1.